The summed E-state index contributed by atoms with van der Waals surface area (Å²) in [5.74, 6) is 0.931. The van der Waals surface area contributed by atoms with Crippen molar-refractivity contribution in [1.82, 2.24) is 20.0 Å². The molecule has 0 radical (unpaired) electrons. The summed E-state index contributed by atoms with van der Waals surface area (Å²) in [5, 5.41) is 7.82. The highest BCUT2D eigenvalue weighted by molar-refractivity contribution is 5.80. The van der Waals surface area contributed by atoms with E-state index in [1.807, 2.05) is 47.4 Å². The Hall–Kier alpha value is -2.83. The van der Waals surface area contributed by atoms with Gasteiger partial charge in [-0.2, -0.15) is 5.10 Å². The van der Waals surface area contributed by atoms with Gasteiger partial charge in [0.15, 0.2) is 5.96 Å². The quantitative estimate of drug-likeness (QED) is 0.630. The van der Waals surface area contributed by atoms with Crippen molar-refractivity contribution < 1.29 is 4.79 Å². The highest BCUT2D eigenvalue weighted by Gasteiger charge is 2.23. The number of aliphatic imine (C=N–C) groups is 1. The zero-order chi connectivity index (χ0) is 18.4. The maximum atomic E-state index is 11.2. The van der Waals surface area contributed by atoms with Crippen molar-refractivity contribution in [3.05, 3.63) is 48.3 Å². The Kier molecular flexibility index (Phi) is 5.88. The van der Waals surface area contributed by atoms with Crippen LogP contribution in [0.15, 0.2) is 47.7 Å². The van der Waals surface area contributed by atoms with Gasteiger partial charge in [0, 0.05) is 44.9 Å². The number of carbonyl (C=O) groups excluding carboxylic acids is 1. The molecule has 7 nitrogen and oxygen atoms in total. The molecule has 0 aliphatic carbocycles. The lowest BCUT2D eigenvalue weighted by molar-refractivity contribution is -0.119. The van der Waals surface area contributed by atoms with Crippen molar-refractivity contribution in [2.45, 2.75) is 25.8 Å². The minimum atomic E-state index is -0.229. The van der Waals surface area contributed by atoms with E-state index in [1.165, 1.54) is 0 Å². The van der Waals surface area contributed by atoms with Crippen molar-refractivity contribution in [3.63, 3.8) is 0 Å². The SMILES string of the molecule is CN=C(NCc1cnn(-c2ccccc2)c1)N1CCCC(CC(N)=O)C1. The van der Waals surface area contributed by atoms with Crippen molar-refractivity contribution >= 4 is 11.9 Å². The van der Waals surface area contributed by atoms with Crippen LogP contribution in [0.3, 0.4) is 0 Å². The van der Waals surface area contributed by atoms with E-state index in [0.29, 0.717) is 18.9 Å². The normalized spacial score (nSPS) is 18.0. The molecule has 1 atom stereocenters. The predicted molar refractivity (Wildman–Crippen MR) is 102 cm³/mol. The lowest BCUT2D eigenvalue weighted by Gasteiger charge is -2.34. The van der Waals surface area contributed by atoms with Crippen LogP contribution >= 0.6 is 0 Å². The number of rotatable bonds is 5. The van der Waals surface area contributed by atoms with E-state index >= 15 is 0 Å². The first-order valence-electron chi connectivity index (χ1n) is 8.98. The molecule has 2 aromatic rings. The van der Waals surface area contributed by atoms with E-state index in [-0.39, 0.29) is 5.91 Å². The van der Waals surface area contributed by atoms with Gasteiger partial charge in [0.05, 0.1) is 11.9 Å². The Balaban J connectivity index is 1.58. The summed E-state index contributed by atoms with van der Waals surface area (Å²) in [6, 6.07) is 10.0. The van der Waals surface area contributed by atoms with Gasteiger partial charge in [-0.25, -0.2) is 4.68 Å². The molecule has 1 amide bonds. The van der Waals surface area contributed by atoms with E-state index < -0.39 is 0 Å². The van der Waals surface area contributed by atoms with Gasteiger partial charge in [0.2, 0.25) is 5.91 Å². The topological polar surface area (TPSA) is 88.5 Å². The second-order valence-electron chi connectivity index (χ2n) is 6.65. The number of nitrogens with one attached hydrogen (secondary N) is 1. The number of hydrogen-bond donors (Lipinski definition) is 2. The van der Waals surface area contributed by atoms with Crippen LogP contribution < -0.4 is 11.1 Å². The van der Waals surface area contributed by atoms with Crippen LogP contribution in [0.2, 0.25) is 0 Å². The van der Waals surface area contributed by atoms with E-state index in [2.05, 4.69) is 20.3 Å². The van der Waals surface area contributed by atoms with Crippen LogP contribution in [-0.4, -0.2) is 46.7 Å². The van der Waals surface area contributed by atoms with Crippen LogP contribution in [0.5, 0.6) is 0 Å². The molecule has 3 rings (SSSR count). The zero-order valence-corrected chi connectivity index (χ0v) is 15.1. The van der Waals surface area contributed by atoms with Crippen LogP contribution in [0.4, 0.5) is 0 Å². The summed E-state index contributed by atoms with van der Waals surface area (Å²) in [5.41, 5.74) is 7.47. The molecule has 1 aromatic carbocycles. The van der Waals surface area contributed by atoms with Gasteiger partial charge in [-0.15, -0.1) is 0 Å². The first kappa shape index (κ1) is 18.0. The monoisotopic (exact) mass is 354 g/mol. The fraction of sp³-hybridized carbons (Fsp3) is 0.421. The molecule has 0 spiro atoms. The van der Waals surface area contributed by atoms with E-state index in [4.69, 9.17) is 5.73 Å². The molecule has 138 valence electrons. The number of guanidine groups is 1. The molecule has 7 heteroatoms. The van der Waals surface area contributed by atoms with Crippen molar-refractivity contribution in [2.24, 2.45) is 16.6 Å². The minimum absolute atomic E-state index is 0.229. The third-order valence-electron chi connectivity index (χ3n) is 4.63. The third kappa shape index (κ3) is 4.62. The highest BCUT2D eigenvalue weighted by atomic mass is 16.1. The fourth-order valence-electron chi connectivity index (χ4n) is 3.40. The summed E-state index contributed by atoms with van der Waals surface area (Å²) in [7, 11) is 1.79. The van der Waals surface area contributed by atoms with Gasteiger partial charge in [-0.1, -0.05) is 18.2 Å². The standard InChI is InChI=1S/C19H26N6O/c1-21-19(24-9-5-6-15(13-24)10-18(20)26)22-11-16-12-23-25(14-16)17-7-3-2-4-8-17/h2-4,7-8,12,14-15H,5-6,9-11,13H2,1H3,(H2,20,26)(H,21,22). The van der Waals surface area contributed by atoms with Gasteiger partial charge in [-0.3, -0.25) is 9.79 Å². The Morgan fingerprint density at radius 3 is 2.92 bits per heavy atom. The molecule has 1 aliphatic heterocycles. The van der Waals surface area contributed by atoms with Crippen molar-refractivity contribution in [1.29, 1.82) is 0 Å². The average molecular weight is 354 g/mol. The van der Waals surface area contributed by atoms with Crippen molar-refractivity contribution in [3.8, 4) is 5.69 Å². The number of nitrogens with two attached hydrogens (primary N) is 1. The average Bonchev–Trinajstić information content (AvgIpc) is 3.12. The molecule has 1 saturated heterocycles. The summed E-state index contributed by atoms with van der Waals surface area (Å²) in [6.07, 6.45) is 6.41. The lowest BCUT2D eigenvalue weighted by Crippen LogP contribution is -2.46. The smallest absolute Gasteiger partial charge is 0.217 e. The first-order chi connectivity index (χ1) is 12.7. The number of piperidine rings is 1. The molecular formula is C19H26N6O. The van der Waals surface area contributed by atoms with Crippen LogP contribution in [0, 0.1) is 5.92 Å². The molecule has 1 aliphatic rings. The van der Waals surface area contributed by atoms with Gasteiger partial charge in [0.1, 0.15) is 0 Å². The van der Waals surface area contributed by atoms with E-state index in [9.17, 15) is 4.79 Å². The second-order valence-corrected chi connectivity index (χ2v) is 6.65. The van der Waals surface area contributed by atoms with Gasteiger partial charge < -0.3 is 16.0 Å². The summed E-state index contributed by atoms with van der Waals surface area (Å²) in [6.45, 7) is 2.40. The molecule has 2 heterocycles. The Morgan fingerprint density at radius 1 is 1.38 bits per heavy atom. The maximum absolute atomic E-state index is 11.2. The molecule has 1 unspecified atom stereocenters. The molecule has 0 bridgehead atoms. The Morgan fingerprint density at radius 2 is 2.19 bits per heavy atom. The minimum Gasteiger partial charge on any atom is -0.370 e. The fourth-order valence-corrected chi connectivity index (χ4v) is 3.40. The van der Waals surface area contributed by atoms with Crippen LogP contribution in [-0.2, 0) is 11.3 Å². The predicted octanol–water partition coefficient (Wildman–Crippen LogP) is 1.54. The number of amides is 1. The number of likely N-dealkylation sites (tertiary alicyclic amines) is 1. The molecule has 1 aromatic heterocycles. The number of aromatic nitrogens is 2. The van der Waals surface area contributed by atoms with Crippen LogP contribution in [0.1, 0.15) is 24.8 Å². The first-order valence-corrected chi connectivity index (χ1v) is 8.98. The number of benzene rings is 1. The second kappa shape index (κ2) is 8.51. The Labute approximate surface area is 153 Å². The van der Waals surface area contributed by atoms with Crippen molar-refractivity contribution in [2.75, 3.05) is 20.1 Å². The molecule has 0 saturated carbocycles. The number of hydrogen-bond acceptors (Lipinski definition) is 3. The van der Waals surface area contributed by atoms with Gasteiger partial charge in [0.25, 0.3) is 0 Å². The number of primary amides is 1. The number of carbonyl (C=O) groups is 1. The highest BCUT2D eigenvalue weighted by Crippen LogP contribution is 2.19. The molecule has 3 N–H and O–H groups in total. The zero-order valence-electron chi connectivity index (χ0n) is 15.1. The largest absolute Gasteiger partial charge is 0.370 e. The lowest BCUT2D eigenvalue weighted by atomic mass is 9.95. The summed E-state index contributed by atoms with van der Waals surface area (Å²) >= 11 is 0. The molecular weight excluding hydrogens is 328 g/mol. The number of para-hydroxylation sites is 1. The number of nitrogens with zero attached hydrogens (tertiary/aromatic N) is 4. The summed E-state index contributed by atoms with van der Waals surface area (Å²) < 4.78 is 1.86. The van der Waals surface area contributed by atoms with E-state index in [1.54, 1.807) is 7.05 Å². The Bertz CT molecular complexity index is 754. The maximum Gasteiger partial charge on any atom is 0.217 e. The van der Waals surface area contributed by atoms with E-state index in [0.717, 1.165) is 43.1 Å². The summed E-state index contributed by atoms with van der Waals surface area (Å²) in [4.78, 5) is 17.8. The van der Waals surface area contributed by atoms with Gasteiger partial charge >= 0.3 is 0 Å². The molecule has 26 heavy (non-hydrogen) atoms. The van der Waals surface area contributed by atoms with Gasteiger partial charge in [-0.05, 0) is 30.9 Å². The molecule has 1 fully saturated rings. The third-order valence-corrected chi connectivity index (χ3v) is 4.63. The van der Waals surface area contributed by atoms with Crippen LogP contribution in [0.25, 0.3) is 5.69 Å².